The van der Waals surface area contributed by atoms with Gasteiger partial charge in [0.2, 0.25) is 5.91 Å². The fraction of sp³-hybridized carbons (Fsp3) is 0.948. The molecule has 0 spiro atoms. The molecule has 0 rings (SSSR count). The molecular formula is C58H115NO5. The van der Waals surface area contributed by atoms with Crippen molar-refractivity contribution >= 4 is 5.91 Å². The number of amides is 1. The lowest BCUT2D eigenvalue weighted by molar-refractivity contribution is -0.132. The summed E-state index contributed by atoms with van der Waals surface area (Å²) < 4.78 is 0. The average molecular weight is 907 g/mol. The van der Waals surface area contributed by atoms with Crippen LogP contribution in [0.2, 0.25) is 0 Å². The minimum atomic E-state index is -1.28. The van der Waals surface area contributed by atoms with Crippen molar-refractivity contribution in [1.82, 2.24) is 5.32 Å². The third-order valence-electron chi connectivity index (χ3n) is 14.0. The molecule has 0 bridgehead atoms. The maximum Gasteiger partial charge on any atom is 0.249 e. The van der Waals surface area contributed by atoms with E-state index in [2.05, 4.69) is 31.3 Å². The van der Waals surface area contributed by atoms with E-state index in [0.29, 0.717) is 12.8 Å². The predicted octanol–water partition coefficient (Wildman–Crippen LogP) is 16.9. The van der Waals surface area contributed by atoms with Gasteiger partial charge in [0.25, 0.3) is 0 Å². The zero-order valence-electron chi connectivity index (χ0n) is 43.3. The van der Waals surface area contributed by atoms with Crippen LogP contribution in [-0.2, 0) is 4.79 Å². The summed E-state index contributed by atoms with van der Waals surface area (Å²) in [5.74, 6) is -0.586. The monoisotopic (exact) mass is 906 g/mol. The van der Waals surface area contributed by atoms with E-state index in [4.69, 9.17) is 0 Å². The van der Waals surface area contributed by atoms with Crippen LogP contribution in [0, 0.1) is 0 Å². The number of carbonyl (C=O) groups is 1. The van der Waals surface area contributed by atoms with Gasteiger partial charge in [-0.3, -0.25) is 4.79 Å². The van der Waals surface area contributed by atoms with Gasteiger partial charge < -0.3 is 25.7 Å². The highest BCUT2D eigenvalue weighted by atomic mass is 16.3. The SMILES string of the molecule is CCCCCCCCCCCCCCCC/C=C/CCCC(O)C(O)C(CO)NC(=O)C(O)CCCCCCCCCCCCCCCCCCCCCCCCCCCCCCC. The topological polar surface area (TPSA) is 110 Å². The van der Waals surface area contributed by atoms with Crippen LogP contribution >= 0.6 is 0 Å². The summed E-state index contributed by atoms with van der Waals surface area (Å²) in [5, 5.41) is 44.0. The van der Waals surface area contributed by atoms with E-state index in [1.807, 2.05) is 0 Å². The molecule has 5 N–H and O–H groups in total. The normalized spacial score (nSPS) is 13.8. The average Bonchev–Trinajstić information content (AvgIpc) is 3.30. The first kappa shape index (κ1) is 63.0. The van der Waals surface area contributed by atoms with Crippen molar-refractivity contribution in [3.8, 4) is 0 Å². The summed E-state index contributed by atoms with van der Waals surface area (Å²) in [6, 6.07) is -0.999. The molecule has 6 heteroatoms. The second-order valence-corrected chi connectivity index (χ2v) is 20.3. The Balaban J connectivity index is 3.59. The molecule has 4 unspecified atom stereocenters. The van der Waals surface area contributed by atoms with Gasteiger partial charge in [-0.1, -0.05) is 296 Å². The van der Waals surface area contributed by atoms with Crippen LogP contribution in [0.3, 0.4) is 0 Å². The van der Waals surface area contributed by atoms with Crippen LogP contribution in [0.25, 0.3) is 0 Å². The summed E-state index contributed by atoms with van der Waals surface area (Å²) in [6.07, 6.45) is 62.9. The number of nitrogens with one attached hydrogen (secondary N) is 1. The minimum Gasteiger partial charge on any atom is -0.394 e. The van der Waals surface area contributed by atoms with Gasteiger partial charge >= 0.3 is 0 Å². The van der Waals surface area contributed by atoms with Crippen LogP contribution in [0.15, 0.2) is 12.2 Å². The van der Waals surface area contributed by atoms with E-state index in [9.17, 15) is 25.2 Å². The van der Waals surface area contributed by atoms with Crippen LogP contribution < -0.4 is 5.32 Å². The zero-order chi connectivity index (χ0) is 46.7. The number of aliphatic hydroxyl groups is 4. The molecule has 0 fully saturated rings. The molecule has 1 amide bonds. The molecule has 0 aliphatic rings. The Morgan fingerprint density at radius 2 is 0.641 bits per heavy atom. The number of hydrogen-bond donors (Lipinski definition) is 5. The maximum absolute atomic E-state index is 12.6. The maximum atomic E-state index is 12.6. The molecule has 64 heavy (non-hydrogen) atoms. The third kappa shape index (κ3) is 46.2. The predicted molar refractivity (Wildman–Crippen MR) is 279 cm³/mol. The summed E-state index contributed by atoms with van der Waals surface area (Å²) in [5.41, 5.74) is 0. The molecule has 382 valence electrons. The molecular weight excluding hydrogens is 791 g/mol. The first-order chi connectivity index (χ1) is 31.5. The second kappa shape index (κ2) is 53.0. The largest absolute Gasteiger partial charge is 0.394 e. The van der Waals surface area contributed by atoms with E-state index < -0.39 is 36.9 Å². The highest BCUT2D eigenvalue weighted by Gasteiger charge is 2.28. The zero-order valence-corrected chi connectivity index (χ0v) is 43.3. The third-order valence-corrected chi connectivity index (χ3v) is 14.0. The highest BCUT2D eigenvalue weighted by Crippen LogP contribution is 2.18. The van der Waals surface area contributed by atoms with Crippen molar-refractivity contribution < 1.29 is 25.2 Å². The molecule has 0 heterocycles. The lowest BCUT2D eigenvalue weighted by atomic mass is 10.00. The second-order valence-electron chi connectivity index (χ2n) is 20.3. The van der Waals surface area contributed by atoms with Crippen molar-refractivity contribution in [2.45, 2.75) is 346 Å². The van der Waals surface area contributed by atoms with Gasteiger partial charge in [-0.05, 0) is 38.5 Å². The number of allylic oxidation sites excluding steroid dienone is 2. The molecule has 0 aromatic rings. The molecule has 0 radical (unpaired) electrons. The number of hydrogen-bond acceptors (Lipinski definition) is 5. The molecule has 0 aliphatic carbocycles. The molecule has 4 atom stereocenters. The van der Waals surface area contributed by atoms with Crippen LogP contribution in [0.5, 0.6) is 0 Å². The number of carbonyl (C=O) groups excluding carboxylic acids is 1. The van der Waals surface area contributed by atoms with Crippen molar-refractivity contribution in [1.29, 1.82) is 0 Å². The lowest BCUT2D eigenvalue weighted by Gasteiger charge is -2.27. The molecule has 6 nitrogen and oxygen atoms in total. The molecule has 0 aromatic heterocycles. The van der Waals surface area contributed by atoms with Gasteiger partial charge in [0, 0.05) is 0 Å². The molecule has 0 aromatic carbocycles. The van der Waals surface area contributed by atoms with Gasteiger partial charge in [0.05, 0.1) is 18.8 Å². The standard InChI is InChI=1S/C58H115NO5/c1-3-5-7-9-11-13-15-17-19-21-23-24-25-26-27-28-29-30-31-32-34-36-38-40-42-44-46-48-50-52-56(62)58(64)59-54(53-60)57(63)55(61)51-49-47-45-43-41-39-37-35-33-22-20-18-16-14-12-10-8-6-4-2/h43,45,54-57,60-63H,3-42,44,46-53H2,1-2H3,(H,59,64)/b45-43+. The number of unbranched alkanes of at least 4 members (excludes halogenated alkanes) is 43. The Morgan fingerprint density at radius 3 is 0.938 bits per heavy atom. The smallest absolute Gasteiger partial charge is 0.249 e. The lowest BCUT2D eigenvalue weighted by Crippen LogP contribution is -2.53. The van der Waals surface area contributed by atoms with E-state index >= 15 is 0 Å². The quantitative estimate of drug-likeness (QED) is 0.0308. The molecule has 0 saturated heterocycles. The van der Waals surface area contributed by atoms with Gasteiger partial charge in [-0.25, -0.2) is 0 Å². The Kier molecular flexibility index (Phi) is 52.2. The Morgan fingerprint density at radius 1 is 0.375 bits per heavy atom. The van der Waals surface area contributed by atoms with Crippen molar-refractivity contribution in [3.63, 3.8) is 0 Å². The van der Waals surface area contributed by atoms with Gasteiger partial charge in [0.15, 0.2) is 0 Å². The van der Waals surface area contributed by atoms with Crippen LogP contribution in [0.4, 0.5) is 0 Å². The van der Waals surface area contributed by atoms with Crippen molar-refractivity contribution in [2.24, 2.45) is 0 Å². The van der Waals surface area contributed by atoms with Gasteiger partial charge in [-0.15, -0.1) is 0 Å². The van der Waals surface area contributed by atoms with E-state index in [1.165, 1.54) is 257 Å². The van der Waals surface area contributed by atoms with Crippen molar-refractivity contribution in [3.05, 3.63) is 12.2 Å². The fourth-order valence-electron chi connectivity index (χ4n) is 9.41. The Hall–Kier alpha value is -0.950. The first-order valence-electron chi connectivity index (χ1n) is 29.1. The summed E-state index contributed by atoms with van der Waals surface area (Å²) in [4.78, 5) is 12.6. The van der Waals surface area contributed by atoms with E-state index in [0.717, 1.165) is 38.5 Å². The Bertz CT molecular complexity index is 928. The summed E-state index contributed by atoms with van der Waals surface area (Å²) in [6.45, 7) is 4.08. The van der Waals surface area contributed by atoms with Crippen molar-refractivity contribution in [2.75, 3.05) is 6.61 Å². The van der Waals surface area contributed by atoms with E-state index in [1.54, 1.807) is 0 Å². The molecule has 0 aliphatic heterocycles. The first-order valence-corrected chi connectivity index (χ1v) is 29.1. The highest BCUT2D eigenvalue weighted by molar-refractivity contribution is 5.80. The number of rotatable bonds is 54. The Labute approximate surface area is 400 Å². The number of aliphatic hydroxyl groups excluding tert-OH is 4. The van der Waals surface area contributed by atoms with E-state index in [-0.39, 0.29) is 0 Å². The summed E-state index contributed by atoms with van der Waals surface area (Å²) >= 11 is 0. The van der Waals surface area contributed by atoms with Gasteiger partial charge in [-0.2, -0.15) is 0 Å². The van der Waals surface area contributed by atoms with Crippen LogP contribution in [-0.4, -0.2) is 57.3 Å². The fourth-order valence-corrected chi connectivity index (χ4v) is 9.41. The van der Waals surface area contributed by atoms with Gasteiger partial charge in [0.1, 0.15) is 12.2 Å². The minimum absolute atomic E-state index is 0.369. The summed E-state index contributed by atoms with van der Waals surface area (Å²) in [7, 11) is 0. The van der Waals surface area contributed by atoms with Crippen LogP contribution in [0.1, 0.15) is 322 Å². The molecule has 0 saturated carbocycles.